The molecule has 0 unspecified atom stereocenters. The molecule has 1 saturated heterocycles. The first-order valence-electron chi connectivity index (χ1n) is 6.09. The number of rotatable bonds is 3. The van der Waals surface area contributed by atoms with Gasteiger partial charge in [-0.1, -0.05) is 17.7 Å². The van der Waals surface area contributed by atoms with Crippen molar-refractivity contribution in [1.29, 1.82) is 0 Å². The van der Waals surface area contributed by atoms with E-state index in [9.17, 15) is 0 Å². The molecular weight excluding hydrogens is 236 g/mol. The van der Waals surface area contributed by atoms with Gasteiger partial charge in [-0.05, 0) is 36.5 Å². The minimum Gasteiger partial charge on any atom is -0.396 e. The van der Waals surface area contributed by atoms with Crippen LogP contribution in [-0.4, -0.2) is 24.8 Å². The van der Waals surface area contributed by atoms with Crippen LogP contribution in [0.25, 0.3) is 0 Å². The number of benzene rings is 1. The summed E-state index contributed by atoms with van der Waals surface area (Å²) in [6.07, 6.45) is 2.07. The Balaban J connectivity index is 2.14. The van der Waals surface area contributed by atoms with E-state index >= 15 is 0 Å². The van der Waals surface area contributed by atoms with E-state index in [0.717, 1.165) is 42.2 Å². The Bertz CT molecular complexity index is 376. The van der Waals surface area contributed by atoms with Crippen molar-refractivity contribution >= 4 is 17.3 Å². The second kappa shape index (κ2) is 5.71. The molecule has 1 fully saturated rings. The maximum absolute atomic E-state index is 9.13. The lowest BCUT2D eigenvalue weighted by atomic mass is 9.97. The van der Waals surface area contributed by atoms with Crippen LogP contribution >= 0.6 is 11.6 Å². The van der Waals surface area contributed by atoms with Crippen LogP contribution in [0.5, 0.6) is 0 Å². The van der Waals surface area contributed by atoms with Crippen molar-refractivity contribution in [2.45, 2.75) is 19.4 Å². The van der Waals surface area contributed by atoms with E-state index < -0.39 is 0 Å². The van der Waals surface area contributed by atoms with E-state index in [-0.39, 0.29) is 0 Å². The molecule has 94 valence electrons. The lowest BCUT2D eigenvalue weighted by Crippen LogP contribution is -2.35. The molecular formula is C13H19ClN2O. The van der Waals surface area contributed by atoms with Crippen LogP contribution < -0.4 is 10.6 Å². The third kappa shape index (κ3) is 2.92. The second-order valence-electron chi connectivity index (χ2n) is 4.59. The van der Waals surface area contributed by atoms with Crippen molar-refractivity contribution in [2.75, 3.05) is 24.6 Å². The van der Waals surface area contributed by atoms with E-state index in [1.807, 2.05) is 18.2 Å². The zero-order valence-electron chi connectivity index (χ0n) is 9.90. The topological polar surface area (TPSA) is 49.5 Å². The maximum Gasteiger partial charge on any atom is 0.0460 e. The summed E-state index contributed by atoms with van der Waals surface area (Å²) in [5.74, 6) is 0.451. The van der Waals surface area contributed by atoms with E-state index in [1.54, 1.807) is 0 Å². The summed E-state index contributed by atoms with van der Waals surface area (Å²) in [7, 11) is 0. The van der Waals surface area contributed by atoms with Gasteiger partial charge in [0.25, 0.3) is 0 Å². The standard InChI is InChI=1S/C13H19ClN2O/c14-12-2-1-11(8-15)13(7-12)16-5-3-10(9-17)4-6-16/h1-2,7,10,17H,3-6,8-9,15H2. The van der Waals surface area contributed by atoms with Crippen LogP contribution in [0.3, 0.4) is 0 Å². The molecule has 0 radical (unpaired) electrons. The SMILES string of the molecule is NCc1ccc(Cl)cc1N1CCC(CO)CC1. The number of nitrogens with zero attached hydrogens (tertiary/aromatic N) is 1. The van der Waals surface area contributed by atoms with Crippen LogP contribution in [0, 0.1) is 5.92 Å². The molecule has 3 nitrogen and oxygen atoms in total. The fraction of sp³-hybridized carbons (Fsp3) is 0.538. The van der Waals surface area contributed by atoms with Gasteiger partial charge in [0.15, 0.2) is 0 Å². The lowest BCUT2D eigenvalue weighted by Gasteiger charge is -2.34. The Hall–Kier alpha value is -0.770. The number of aliphatic hydroxyl groups is 1. The van der Waals surface area contributed by atoms with Gasteiger partial charge in [-0.2, -0.15) is 0 Å². The smallest absolute Gasteiger partial charge is 0.0460 e. The van der Waals surface area contributed by atoms with Gasteiger partial charge in [0.1, 0.15) is 0 Å². The van der Waals surface area contributed by atoms with Crippen molar-refractivity contribution in [3.63, 3.8) is 0 Å². The van der Waals surface area contributed by atoms with Gasteiger partial charge in [0, 0.05) is 37.0 Å². The minimum absolute atomic E-state index is 0.299. The highest BCUT2D eigenvalue weighted by Crippen LogP contribution is 2.28. The number of nitrogens with two attached hydrogens (primary N) is 1. The number of anilines is 1. The predicted molar refractivity (Wildman–Crippen MR) is 71.4 cm³/mol. The Labute approximate surface area is 107 Å². The summed E-state index contributed by atoms with van der Waals surface area (Å²) < 4.78 is 0. The number of hydrogen-bond acceptors (Lipinski definition) is 3. The number of halogens is 1. The average molecular weight is 255 g/mol. The summed E-state index contributed by atoms with van der Waals surface area (Å²) in [4.78, 5) is 2.32. The summed E-state index contributed by atoms with van der Waals surface area (Å²) in [5.41, 5.74) is 8.04. The van der Waals surface area contributed by atoms with Crippen molar-refractivity contribution in [3.05, 3.63) is 28.8 Å². The van der Waals surface area contributed by atoms with Crippen LogP contribution in [0.15, 0.2) is 18.2 Å². The first-order chi connectivity index (χ1) is 8.24. The quantitative estimate of drug-likeness (QED) is 0.868. The zero-order valence-corrected chi connectivity index (χ0v) is 10.7. The van der Waals surface area contributed by atoms with E-state index in [0.29, 0.717) is 19.1 Å². The highest BCUT2D eigenvalue weighted by Gasteiger charge is 2.20. The van der Waals surface area contributed by atoms with Gasteiger partial charge in [0.05, 0.1) is 0 Å². The number of piperidine rings is 1. The molecule has 0 atom stereocenters. The van der Waals surface area contributed by atoms with Gasteiger partial charge in [-0.15, -0.1) is 0 Å². The number of hydrogen-bond donors (Lipinski definition) is 2. The van der Waals surface area contributed by atoms with E-state index in [4.69, 9.17) is 22.4 Å². The van der Waals surface area contributed by atoms with Crippen molar-refractivity contribution in [2.24, 2.45) is 11.7 Å². The normalized spacial score (nSPS) is 17.5. The zero-order chi connectivity index (χ0) is 12.3. The van der Waals surface area contributed by atoms with Crippen LogP contribution in [-0.2, 0) is 6.54 Å². The molecule has 1 heterocycles. The first-order valence-corrected chi connectivity index (χ1v) is 6.46. The monoisotopic (exact) mass is 254 g/mol. The molecule has 1 aliphatic rings. The fourth-order valence-electron chi connectivity index (χ4n) is 2.36. The summed E-state index contributed by atoms with van der Waals surface area (Å²) >= 11 is 6.04. The van der Waals surface area contributed by atoms with Gasteiger partial charge in [-0.25, -0.2) is 0 Å². The molecule has 4 heteroatoms. The maximum atomic E-state index is 9.13. The molecule has 0 bridgehead atoms. The molecule has 1 aromatic carbocycles. The van der Waals surface area contributed by atoms with Crippen molar-refractivity contribution < 1.29 is 5.11 Å². The predicted octanol–water partition coefficient (Wildman–Crippen LogP) is 2.01. The Morgan fingerprint density at radius 1 is 1.35 bits per heavy atom. The third-order valence-corrected chi connectivity index (χ3v) is 3.72. The van der Waals surface area contributed by atoms with E-state index in [1.165, 1.54) is 0 Å². The fourth-order valence-corrected chi connectivity index (χ4v) is 2.53. The molecule has 2 rings (SSSR count). The Morgan fingerprint density at radius 2 is 2.06 bits per heavy atom. The summed E-state index contributed by atoms with van der Waals surface area (Å²) in [6, 6.07) is 5.87. The van der Waals surface area contributed by atoms with Gasteiger partial charge in [-0.3, -0.25) is 0 Å². The van der Waals surface area contributed by atoms with Crippen molar-refractivity contribution in [3.8, 4) is 0 Å². The molecule has 17 heavy (non-hydrogen) atoms. The second-order valence-corrected chi connectivity index (χ2v) is 5.03. The molecule has 0 aliphatic carbocycles. The van der Waals surface area contributed by atoms with Gasteiger partial charge < -0.3 is 15.7 Å². The summed E-state index contributed by atoms with van der Waals surface area (Å²) in [5, 5.41) is 9.88. The molecule has 1 aliphatic heterocycles. The Morgan fingerprint density at radius 3 is 2.65 bits per heavy atom. The van der Waals surface area contributed by atoms with Gasteiger partial charge in [0.2, 0.25) is 0 Å². The number of aliphatic hydroxyl groups excluding tert-OH is 1. The van der Waals surface area contributed by atoms with Crippen molar-refractivity contribution in [1.82, 2.24) is 0 Å². The third-order valence-electron chi connectivity index (χ3n) is 3.48. The lowest BCUT2D eigenvalue weighted by molar-refractivity contribution is 0.203. The molecule has 0 amide bonds. The molecule has 0 aromatic heterocycles. The van der Waals surface area contributed by atoms with Crippen LogP contribution in [0.4, 0.5) is 5.69 Å². The van der Waals surface area contributed by atoms with E-state index in [2.05, 4.69) is 4.90 Å². The molecule has 0 saturated carbocycles. The van der Waals surface area contributed by atoms with Crippen LogP contribution in [0.1, 0.15) is 18.4 Å². The molecule has 3 N–H and O–H groups in total. The molecule has 1 aromatic rings. The largest absolute Gasteiger partial charge is 0.396 e. The van der Waals surface area contributed by atoms with Gasteiger partial charge >= 0.3 is 0 Å². The average Bonchev–Trinajstić information content (AvgIpc) is 2.39. The Kier molecular flexibility index (Phi) is 4.26. The highest BCUT2D eigenvalue weighted by atomic mass is 35.5. The van der Waals surface area contributed by atoms with Crippen LogP contribution in [0.2, 0.25) is 5.02 Å². The first kappa shape index (κ1) is 12.7. The minimum atomic E-state index is 0.299. The highest BCUT2D eigenvalue weighted by molar-refractivity contribution is 6.30. The summed E-state index contributed by atoms with van der Waals surface area (Å²) in [6.45, 7) is 2.77. The molecule has 0 spiro atoms.